The van der Waals surface area contributed by atoms with E-state index in [1.54, 1.807) is 0 Å². The predicted octanol–water partition coefficient (Wildman–Crippen LogP) is 14.4. The van der Waals surface area contributed by atoms with E-state index in [4.69, 9.17) is 4.42 Å². The predicted molar refractivity (Wildman–Crippen MR) is 218 cm³/mol. The van der Waals surface area contributed by atoms with Gasteiger partial charge in [-0.25, -0.2) is 0 Å². The molecule has 0 atom stereocenters. The van der Waals surface area contributed by atoms with E-state index in [0.717, 1.165) is 27.3 Å². The van der Waals surface area contributed by atoms with Crippen molar-refractivity contribution < 1.29 is 4.42 Å². The summed E-state index contributed by atoms with van der Waals surface area (Å²) in [6, 6.07) is 66.1. The average Bonchev–Trinajstić information content (AvgIpc) is 3.59. The normalized spacial score (nSPS) is 11.9. The van der Waals surface area contributed by atoms with Crippen molar-refractivity contribution in [3.05, 3.63) is 182 Å². The van der Waals surface area contributed by atoms with E-state index in [2.05, 4.69) is 182 Å². The lowest BCUT2D eigenvalue weighted by atomic mass is 9.83. The van der Waals surface area contributed by atoms with Crippen LogP contribution in [0.15, 0.2) is 186 Å². The van der Waals surface area contributed by atoms with Gasteiger partial charge in [-0.15, -0.1) is 0 Å². The van der Waals surface area contributed by atoms with Crippen LogP contribution in [0.3, 0.4) is 0 Å². The van der Waals surface area contributed by atoms with Crippen LogP contribution in [0.25, 0.3) is 109 Å². The van der Waals surface area contributed by atoms with Crippen LogP contribution in [0, 0.1) is 0 Å². The maximum absolute atomic E-state index is 6.89. The Kier molecular flexibility index (Phi) is 6.02. The van der Waals surface area contributed by atoms with Crippen LogP contribution < -0.4 is 0 Å². The van der Waals surface area contributed by atoms with Gasteiger partial charge >= 0.3 is 0 Å². The van der Waals surface area contributed by atoms with Crippen LogP contribution in [-0.4, -0.2) is 0 Å². The molecule has 11 rings (SSSR count). The second-order valence-electron chi connectivity index (χ2n) is 13.5. The molecule has 10 aromatic carbocycles. The number of hydrogen-bond donors (Lipinski definition) is 0. The Balaban J connectivity index is 1.25. The van der Waals surface area contributed by atoms with Gasteiger partial charge in [-0.3, -0.25) is 0 Å². The SMILES string of the molecule is c1ccc(-c2cccc3ccc4c(oc5cccc(-c6c7ccccc7c(-c7cccc8c7ccc7ccccc78)c7ccccc67)c54)c23)cc1. The second kappa shape index (κ2) is 10.9. The van der Waals surface area contributed by atoms with Crippen LogP contribution in [-0.2, 0) is 0 Å². The molecule has 236 valence electrons. The van der Waals surface area contributed by atoms with Crippen molar-refractivity contribution in [2.75, 3.05) is 0 Å². The van der Waals surface area contributed by atoms with Crippen molar-refractivity contribution >= 4 is 75.8 Å². The highest BCUT2D eigenvalue weighted by molar-refractivity contribution is 6.29. The third kappa shape index (κ3) is 4.09. The molecule has 1 aromatic heterocycles. The maximum atomic E-state index is 6.89. The standard InChI is InChI=1S/C50H30O/c1-2-13-31(14-3-1)35-22-10-16-33-28-30-44-49-43(25-12-26-45(49)51-50(44)46(33)35)48-41-20-8-6-18-39(41)47(40-19-7-9-21-42(40)48)38-24-11-23-36-34-17-5-4-15-32(34)27-29-37(36)38/h1-30H. The summed E-state index contributed by atoms with van der Waals surface area (Å²) < 4.78 is 6.89. The molecule has 0 aliphatic rings. The van der Waals surface area contributed by atoms with Gasteiger partial charge in [0.1, 0.15) is 11.2 Å². The third-order valence-electron chi connectivity index (χ3n) is 10.8. The van der Waals surface area contributed by atoms with E-state index in [0.29, 0.717) is 0 Å². The number of benzene rings is 10. The van der Waals surface area contributed by atoms with Crippen LogP contribution in [0.5, 0.6) is 0 Å². The number of hydrogen-bond acceptors (Lipinski definition) is 1. The molecule has 1 nitrogen and oxygen atoms in total. The van der Waals surface area contributed by atoms with Gasteiger partial charge in [0.05, 0.1) is 0 Å². The first-order chi connectivity index (χ1) is 25.3. The van der Waals surface area contributed by atoms with Crippen molar-refractivity contribution in [3.63, 3.8) is 0 Å². The van der Waals surface area contributed by atoms with Gasteiger partial charge in [-0.1, -0.05) is 170 Å². The minimum Gasteiger partial charge on any atom is -0.455 e. The second-order valence-corrected chi connectivity index (χ2v) is 13.5. The van der Waals surface area contributed by atoms with Crippen molar-refractivity contribution in [2.24, 2.45) is 0 Å². The summed E-state index contributed by atoms with van der Waals surface area (Å²) in [7, 11) is 0. The summed E-state index contributed by atoms with van der Waals surface area (Å²) in [6.45, 7) is 0. The van der Waals surface area contributed by atoms with Crippen LogP contribution >= 0.6 is 0 Å². The van der Waals surface area contributed by atoms with Gasteiger partial charge in [-0.2, -0.15) is 0 Å². The molecule has 11 aromatic rings. The lowest BCUT2D eigenvalue weighted by Gasteiger charge is -2.19. The summed E-state index contributed by atoms with van der Waals surface area (Å²) >= 11 is 0. The van der Waals surface area contributed by atoms with E-state index in [1.807, 2.05) is 0 Å². The molecule has 0 radical (unpaired) electrons. The Morgan fingerprint density at radius 1 is 0.275 bits per heavy atom. The zero-order valence-corrected chi connectivity index (χ0v) is 27.7. The summed E-state index contributed by atoms with van der Waals surface area (Å²) in [5.41, 5.74) is 9.15. The topological polar surface area (TPSA) is 13.1 Å². The molecule has 0 aliphatic carbocycles. The first-order valence-corrected chi connectivity index (χ1v) is 17.6. The van der Waals surface area contributed by atoms with Gasteiger partial charge in [0, 0.05) is 16.2 Å². The molecule has 51 heavy (non-hydrogen) atoms. The monoisotopic (exact) mass is 646 g/mol. The molecule has 1 heterocycles. The van der Waals surface area contributed by atoms with E-state index in [-0.39, 0.29) is 0 Å². The van der Waals surface area contributed by atoms with Crippen LogP contribution in [0.4, 0.5) is 0 Å². The molecule has 0 unspecified atom stereocenters. The van der Waals surface area contributed by atoms with Gasteiger partial charge in [-0.05, 0) is 94.0 Å². The fourth-order valence-corrected chi connectivity index (χ4v) is 8.69. The smallest absolute Gasteiger partial charge is 0.143 e. The molecule has 0 fully saturated rings. The van der Waals surface area contributed by atoms with Crippen LogP contribution in [0.2, 0.25) is 0 Å². The highest BCUT2D eigenvalue weighted by Crippen LogP contribution is 2.49. The molecule has 0 N–H and O–H groups in total. The summed E-state index contributed by atoms with van der Waals surface area (Å²) in [6.07, 6.45) is 0. The van der Waals surface area contributed by atoms with Gasteiger partial charge in [0.2, 0.25) is 0 Å². The fourth-order valence-electron chi connectivity index (χ4n) is 8.69. The molecule has 0 amide bonds. The molecule has 0 aliphatic heterocycles. The van der Waals surface area contributed by atoms with Gasteiger partial charge in [0.15, 0.2) is 0 Å². The Bertz CT molecular complexity index is 3130. The number of rotatable bonds is 3. The molecule has 0 spiro atoms. The van der Waals surface area contributed by atoms with Crippen LogP contribution in [0.1, 0.15) is 0 Å². The first kappa shape index (κ1) is 28.2. The lowest BCUT2D eigenvalue weighted by molar-refractivity contribution is 0.673. The van der Waals surface area contributed by atoms with E-state index in [9.17, 15) is 0 Å². The Hall–Kier alpha value is -6.70. The minimum atomic E-state index is 0.899. The Morgan fingerprint density at radius 3 is 1.57 bits per heavy atom. The van der Waals surface area contributed by atoms with Crippen molar-refractivity contribution in [2.45, 2.75) is 0 Å². The fraction of sp³-hybridized carbons (Fsp3) is 0. The molecule has 0 saturated heterocycles. The summed E-state index contributed by atoms with van der Waals surface area (Å²) in [5, 5.41) is 14.6. The Morgan fingerprint density at radius 2 is 0.804 bits per heavy atom. The lowest BCUT2D eigenvalue weighted by Crippen LogP contribution is -1.92. The van der Waals surface area contributed by atoms with E-state index < -0.39 is 0 Å². The number of furan rings is 1. The highest BCUT2D eigenvalue weighted by atomic mass is 16.3. The van der Waals surface area contributed by atoms with E-state index >= 15 is 0 Å². The highest BCUT2D eigenvalue weighted by Gasteiger charge is 2.22. The summed E-state index contributed by atoms with van der Waals surface area (Å²) in [5.74, 6) is 0. The molecule has 0 bridgehead atoms. The van der Waals surface area contributed by atoms with Gasteiger partial charge in [0.25, 0.3) is 0 Å². The number of fused-ring (bicyclic) bond motifs is 10. The van der Waals surface area contributed by atoms with Crippen molar-refractivity contribution in [1.82, 2.24) is 0 Å². The summed E-state index contributed by atoms with van der Waals surface area (Å²) in [4.78, 5) is 0. The maximum Gasteiger partial charge on any atom is 0.143 e. The molecule has 1 heteroatoms. The molecule has 0 saturated carbocycles. The Labute approximate surface area is 294 Å². The third-order valence-corrected chi connectivity index (χ3v) is 10.8. The van der Waals surface area contributed by atoms with Gasteiger partial charge < -0.3 is 4.42 Å². The zero-order chi connectivity index (χ0) is 33.5. The van der Waals surface area contributed by atoms with Crippen molar-refractivity contribution in [1.29, 1.82) is 0 Å². The zero-order valence-electron chi connectivity index (χ0n) is 27.7. The van der Waals surface area contributed by atoms with E-state index in [1.165, 1.54) is 81.9 Å². The largest absolute Gasteiger partial charge is 0.455 e. The average molecular weight is 647 g/mol. The first-order valence-electron chi connectivity index (χ1n) is 17.6. The molecular weight excluding hydrogens is 617 g/mol. The quantitative estimate of drug-likeness (QED) is 0.138. The minimum absolute atomic E-state index is 0.899. The van der Waals surface area contributed by atoms with Crippen molar-refractivity contribution in [3.8, 4) is 33.4 Å². The molecular formula is C50H30O.